The molecule has 21 heavy (non-hydrogen) atoms. The number of hydrogen-bond acceptors (Lipinski definition) is 4. The van der Waals surface area contributed by atoms with Gasteiger partial charge in [-0.15, -0.1) is 11.8 Å². The van der Waals surface area contributed by atoms with E-state index in [4.69, 9.17) is 5.11 Å². The number of aromatic carboxylic acids is 1. The molecule has 0 saturated heterocycles. The van der Waals surface area contributed by atoms with Crippen LogP contribution >= 0.6 is 11.8 Å². The van der Waals surface area contributed by atoms with E-state index in [1.165, 1.54) is 0 Å². The lowest BCUT2D eigenvalue weighted by molar-refractivity contribution is -0.387. The Kier molecular flexibility index (Phi) is 4.54. The average molecular weight is 307 g/mol. The zero-order valence-electron chi connectivity index (χ0n) is 10.7. The van der Waals surface area contributed by atoms with Gasteiger partial charge in [-0.3, -0.25) is 10.1 Å². The van der Waals surface area contributed by atoms with Crippen molar-refractivity contribution < 1.29 is 19.2 Å². The Hall–Kier alpha value is -2.41. The first kappa shape index (κ1) is 15.0. The second-order valence-electron chi connectivity index (χ2n) is 4.14. The van der Waals surface area contributed by atoms with Gasteiger partial charge in [-0.05, 0) is 11.6 Å². The Bertz CT molecular complexity index is 691. The zero-order chi connectivity index (χ0) is 15.4. The number of benzene rings is 2. The van der Waals surface area contributed by atoms with Gasteiger partial charge in [0, 0.05) is 5.75 Å². The predicted octanol–water partition coefficient (Wildman–Crippen LogP) is 3.72. The smallest absolute Gasteiger partial charge is 0.338 e. The van der Waals surface area contributed by atoms with Gasteiger partial charge in [0.2, 0.25) is 0 Å². The highest BCUT2D eigenvalue weighted by Crippen LogP contribution is 2.33. The number of halogens is 1. The molecule has 2 rings (SSSR count). The Balaban J connectivity index is 2.34. The summed E-state index contributed by atoms with van der Waals surface area (Å²) in [7, 11) is 0. The molecule has 0 spiro atoms. The number of carbonyl (C=O) groups is 1. The molecule has 0 fully saturated rings. The fraction of sp³-hybridized carbons (Fsp3) is 0.0714. The minimum absolute atomic E-state index is 0.127. The van der Waals surface area contributed by atoms with E-state index in [-0.39, 0.29) is 4.90 Å². The zero-order valence-corrected chi connectivity index (χ0v) is 11.5. The lowest BCUT2D eigenvalue weighted by atomic mass is 10.2. The normalized spacial score (nSPS) is 10.3. The molecule has 2 aromatic carbocycles. The summed E-state index contributed by atoms with van der Waals surface area (Å²) in [4.78, 5) is 21.3. The quantitative estimate of drug-likeness (QED) is 0.517. The number of nitro groups is 1. The van der Waals surface area contributed by atoms with E-state index in [2.05, 4.69) is 0 Å². The van der Waals surface area contributed by atoms with Crippen LogP contribution in [-0.2, 0) is 5.75 Å². The Morgan fingerprint density at radius 3 is 2.52 bits per heavy atom. The Labute approximate surface area is 123 Å². The van der Waals surface area contributed by atoms with Crippen LogP contribution in [0.15, 0.2) is 47.4 Å². The lowest BCUT2D eigenvalue weighted by Crippen LogP contribution is -2.03. The molecule has 7 heteroatoms. The van der Waals surface area contributed by atoms with Crippen LogP contribution in [0.1, 0.15) is 15.9 Å². The largest absolute Gasteiger partial charge is 0.478 e. The van der Waals surface area contributed by atoms with Gasteiger partial charge in [-0.2, -0.15) is 0 Å². The van der Waals surface area contributed by atoms with Gasteiger partial charge in [0.05, 0.1) is 21.4 Å². The van der Waals surface area contributed by atoms with Crippen molar-refractivity contribution in [3.63, 3.8) is 0 Å². The summed E-state index contributed by atoms with van der Waals surface area (Å²) in [6.07, 6.45) is 0. The maximum absolute atomic E-state index is 13.5. The molecule has 0 unspecified atom stereocenters. The summed E-state index contributed by atoms with van der Waals surface area (Å²) in [6, 6.07) is 10.9. The van der Waals surface area contributed by atoms with E-state index in [1.54, 1.807) is 0 Å². The molecule has 0 radical (unpaired) electrons. The first-order valence-electron chi connectivity index (χ1n) is 5.87. The standard InChI is InChI=1S/C14H10FNO4S/c15-11-7-12(16(19)20)13(6-10(11)14(17)18)21-8-9-4-2-1-3-5-9/h1-7H,8H2,(H,17,18). The molecular formula is C14H10FNO4S. The second-order valence-corrected chi connectivity index (χ2v) is 5.15. The van der Waals surface area contributed by atoms with E-state index in [1.807, 2.05) is 30.3 Å². The maximum Gasteiger partial charge on any atom is 0.338 e. The van der Waals surface area contributed by atoms with E-state index >= 15 is 0 Å². The third-order valence-electron chi connectivity index (χ3n) is 2.71. The summed E-state index contributed by atoms with van der Waals surface area (Å²) in [5, 5.41) is 19.8. The van der Waals surface area contributed by atoms with E-state index in [9.17, 15) is 19.3 Å². The highest BCUT2D eigenvalue weighted by molar-refractivity contribution is 7.98. The Morgan fingerprint density at radius 1 is 1.29 bits per heavy atom. The van der Waals surface area contributed by atoms with Crippen LogP contribution in [0.25, 0.3) is 0 Å². The molecule has 0 aliphatic rings. The summed E-state index contributed by atoms with van der Waals surface area (Å²) < 4.78 is 13.5. The van der Waals surface area contributed by atoms with Crippen LogP contribution in [0.5, 0.6) is 0 Å². The third-order valence-corrected chi connectivity index (χ3v) is 3.83. The molecule has 0 aromatic heterocycles. The molecule has 108 valence electrons. The van der Waals surface area contributed by atoms with Crippen molar-refractivity contribution in [2.24, 2.45) is 0 Å². The first-order chi connectivity index (χ1) is 9.99. The van der Waals surface area contributed by atoms with E-state index < -0.39 is 28.0 Å². The van der Waals surface area contributed by atoms with Crippen molar-refractivity contribution in [3.05, 3.63) is 69.5 Å². The molecule has 0 atom stereocenters. The number of nitrogens with zero attached hydrogens (tertiary/aromatic N) is 1. The number of carboxylic acid groups (broad SMARTS) is 1. The predicted molar refractivity (Wildman–Crippen MR) is 76.0 cm³/mol. The van der Waals surface area contributed by atoms with Crippen molar-refractivity contribution in [2.75, 3.05) is 0 Å². The lowest BCUT2D eigenvalue weighted by Gasteiger charge is -2.06. The van der Waals surface area contributed by atoms with Crippen LogP contribution in [0.3, 0.4) is 0 Å². The van der Waals surface area contributed by atoms with Gasteiger partial charge < -0.3 is 5.11 Å². The minimum atomic E-state index is -1.45. The van der Waals surface area contributed by atoms with Crippen molar-refractivity contribution in [1.29, 1.82) is 0 Å². The summed E-state index contributed by atoms with van der Waals surface area (Å²) >= 11 is 1.10. The third kappa shape index (κ3) is 3.57. The monoisotopic (exact) mass is 307 g/mol. The average Bonchev–Trinajstić information content (AvgIpc) is 2.46. The second kappa shape index (κ2) is 6.36. The van der Waals surface area contributed by atoms with Gasteiger partial charge in [-0.1, -0.05) is 30.3 Å². The highest BCUT2D eigenvalue weighted by atomic mass is 32.2. The molecular weight excluding hydrogens is 297 g/mol. The molecule has 0 aliphatic heterocycles. The summed E-state index contributed by atoms with van der Waals surface area (Å²) in [5.74, 6) is -2.14. The minimum Gasteiger partial charge on any atom is -0.478 e. The van der Waals surface area contributed by atoms with Crippen LogP contribution < -0.4 is 0 Å². The van der Waals surface area contributed by atoms with Crippen molar-refractivity contribution in [2.45, 2.75) is 10.6 Å². The van der Waals surface area contributed by atoms with Crippen LogP contribution in [0, 0.1) is 15.9 Å². The van der Waals surface area contributed by atoms with Gasteiger partial charge in [0.15, 0.2) is 0 Å². The summed E-state index contributed by atoms with van der Waals surface area (Å²) in [6.45, 7) is 0. The van der Waals surface area contributed by atoms with Gasteiger partial charge in [-0.25, -0.2) is 9.18 Å². The first-order valence-corrected chi connectivity index (χ1v) is 6.85. The number of rotatable bonds is 5. The fourth-order valence-corrected chi connectivity index (χ4v) is 2.70. The molecule has 0 amide bonds. The number of nitro benzene ring substituents is 1. The van der Waals surface area contributed by atoms with Crippen LogP contribution in [0.2, 0.25) is 0 Å². The molecule has 1 N–H and O–H groups in total. The molecule has 5 nitrogen and oxygen atoms in total. The van der Waals surface area contributed by atoms with Gasteiger partial charge in [0.1, 0.15) is 5.82 Å². The van der Waals surface area contributed by atoms with Gasteiger partial charge >= 0.3 is 5.97 Å². The van der Waals surface area contributed by atoms with Crippen molar-refractivity contribution in [3.8, 4) is 0 Å². The molecule has 0 heterocycles. The fourth-order valence-electron chi connectivity index (χ4n) is 1.70. The molecule has 0 bridgehead atoms. The summed E-state index contributed by atoms with van der Waals surface area (Å²) in [5.41, 5.74) is -0.0763. The Morgan fingerprint density at radius 2 is 1.95 bits per heavy atom. The molecule has 0 aliphatic carbocycles. The van der Waals surface area contributed by atoms with Crippen molar-refractivity contribution in [1.82, 2.24) is 0 Å². The highest BCUT2D eigenvalue weighted by Gasteiger charge is 2.21. The van der Waals surface area contributed by atoms with Crippen LogP contribution in [-0.4, -0.2) is 16.0 Å². The molecule has 2 aromatic rings. The van der Waals surface area contributed by atoms with E-state index in [0.717, 1.165) is 23.4 Å². The van der Waals surface area contributed by atoms with E-state index in [0.29, 0.717) is 11.8 Å². The van der Waals surface area contributed by atoms with Crippen LogP contribution in [0.4, 0.5) is 10.1 Å². The van der Waals surface area contributed by atoms with Crippen molar-refractivity contribution >= 4 is 23.4 Å². The maximum atomic E-state index is 13.5. The topological polar surface area (TPSA) is 80.4 Å². The van der Waals surface area contributed by atoms with Gasteiger partial charge in [0.25, 0.3) is 5.69 Å². The molecule has 0 saturated carbocycles. The number of hydrogen-bond donors (Lipinski definition) is 1. The number of carboxylic acids is 1. The SMILES string of the molecule is O=C(O)c1cc(SCc2ccccc2)c([N+](=O)[O-])cc1F. The number of thioether (sulfide) groups is 1.